The van der Waals surface area contributed by atoms with E-state index in [1.165, 1.54) is 0 Å². The van der Waals surface area contributed by atoms with Crippen molar-refractivity contribution in [2.75, 3.05) is 0 Å². The number of carbonyl (C=O) groups excluding carboxylic acids is 1. The number of nitrogens with one attached hydrogen (secondary N) is 1. The average molecular weight is 374 g/mol. The van der Waals surface area contributed by atoms with Gasteiger partial charge in [0, 0.05) is 12.0 Å². The monoisotopic (exact) mass is 373 g/mol. The van der Waals surface area contributed by atoms with Gasteiger partial charge in [-0.25, -0.2) is 0 Å². The first-order valence-electron chi connectivity index (χ1n) is 8.89. The van der Waals surface area contributed by atoms with Gasteiger partial charge in [-0.3, -0.25) is 4.79 Å². The Morgan fingerprint density at radius 3 is 2.69 bits per heavy atom. The molecule has 1 aliphatic rings. The number of benzene rings is 2. The van der Waals surface area contributed by atoms with Crippen molar-refractivity contribution in [1.82, 2.24) is 5.32 Å². The second-order valence-corrected chi connectivity index (χ2v) is 7.52. The van der Waals surface area contributed by atoms with E-state index in [-0.39, 0.29) is 17.6 Å². The number of fused-ring (bicyclic) bond motifs is 1. The molecule has 2 aromatic rings. The molecule has 0 aromatic heterocycles. The van der Waals surface area contributed by atoms with Crippen LogP contribution in [0.2, 0.25) is 5.02 Å². The molecular weight excluding hydrogens is 350 g/mol. The van der Waals surface area contributed by atoms with Crippen molar-refractivity contribution in [3.05, 3.63) is 59.1 Å². The molecule has 0 bridgehead atoms. The van der Waals surface area contributed by atoms with Gasteiger partial charge in [0.25, 0.3) is 5.91 Å². The van der Waals surface area contributed by atoms with Crippen LogP contribution in [0.15, 0.2) is 48.5 Å². The molecule has 2 aromatic carbocycles. The van der Waals surface area contributed by atoms with Crippen molar-refractivity contribution in [3.63, 3.8) is 0 Å². The molecule has 1 amide bonds. The Balaban J connectivity index is 1.77. The van der Waals surface area contributed by atoms with Crippen LogP contribution in [0, 0.1) is 0 Å². The average Bonchev–Trinajstić information content (AvgIpc) is 2.60. The lowest BCUT2D eigenvalue weighted by Crippen LogP contribution is -2.45. The van der Waals surface area contributed by atoms with Crippen LogP contribution in [0.4, 0.5) is 0 Å². The van der Waals surface area contributed by atoms with Gasteiger partial charge < -0.3 is 14.8 Å². The van der Waals surface area contributed by atoms with E-state index < -0.39 is 6.10 Å². The standard InChI is InChI=1S/C21H24ClNO3/c1-4-17(25-19-12-8-6-10-15(19)22)20(24)23-16-13-21(2,3)26-18-11-7-5-9-14(16)18/h5-12,16-17H,4,13H2,1-3H3,(H,23,24)/t16-,17-/m0/s1. The van der Waals surface area contributed by atoms with Crippen LogP contribution < -0.4 is 14.8 Å². The molecular formula is C21H24ClNO3. The Morgan fingerprint density at radius 1 is 1.27 bits per heavy atom. The molecule has 138 valence electrons. The van der Waals surface area contributed by atoms with Gasteiger partial charge in [-0.1, -0.05) is 48.9 Å². The summed E-state index contributed by atoms with van der Waals surface area (Å²) in [4.78, 5) is 12.9. The van der Waals surface area contributed by atoms with Crippen molar-refractivity contribution >= 4 is 17.5 Å². The minimum absolute atomic E-state index is 0.119. The van der Waals surface area contributed by atoms with Gasteiger partial charge in [0.2, 0.25) is 0 Å². The molecule has 0 saturated heterocycles. The van der Waals surface area contributed by atoms with Gasteiger partial charge >= 0.3 is 0 Å². The summed E-state index contributed by atoms with van der Waals surface area (Å²) in [5.74, 6) is 1.18. The number of ether oxygens (including phenoxy) is 2. The van der Waals surface area contributed by atoms with Crippen molar-refractivity contribution in [2.24, 2.45) is 0 Å². The molecule has 1 N–H and O–H groups in total. The number of carbonyl (C=O) groups is 1. The predicted octanol–water partition coefficient (Wildman–Crippen LogP) is 4.92. The SMILES string of the molecule is CC[C@H](Oc1ccccc1Cl)C(=O)N[C@H]1CC(C)(C)Oc2ccccc21. The van der Waals surface area contributed by atoms with Crippen LogP contribution in [0.25, 0.3) is 0 Å². The minimum atomic E-state index is -0.604. The number of amides is 1. The Kier molecular flexibility index (Phi) is 5.42. The van der Waals surface area contributed by atoms with Crippen molar-refractivity contribution < 1.29 is 14.3 Å². The maximum absolute atomic E-state index is 12.9. The second kappa shape index (κ2) is 7.58. The Morgan fingerprint density at radius 2 is 1.96 bits per heavy atom. The van der Waals surface area contributed by atoms with Crippen LogP contribution >= 0.6 is 11.6 Å². The summed E-state index contributed by atoms with van der Waals surface area (Å²) >= 11 is 6.15. The normalized spacial score (nSPS) is 19.0. The summed E-state index contributed by atoms with van der Waals surface area (Å²) in [7, 11) is 0. The Labute approximate surface area is 159 Å². The maximum atomic E-state index is 12.9. The molecule has 0 saturated carbocycles. The predicted molar refractivity (Wildman–Crippen MR) is 103 cm³/mol. The van der Waals surface area contributed by atoms with Crippen molar-refractivity contribution in [1.29, 1.82) is 0 Å². The number of rotatable bonds is 5. The molecule has 1 heterocycles. The number of halogens is 1. The number of para-hydroxylation sites is 2. The van der Waals surface area contributed by atoms with Crippen LogP contribution in [0.1, 0.15) is 45.2 Å². The van der Waals surface area contributed by atoms with Gasteiger partial charge in [0.1, 0.15) is 17.1 Å². The van der Waals surface area contributed by atoms with Gasteiger partial charge in [-0.15, -0.1) is 0 Å². The lowest BCUT2D eigenvalue weighted by Gasteiger charge is -2.38. The fraction of sp³-hybridized carbons (Fsp3) is 0.381. The summed E-state index contributed by atoms with van der Waals surface area (Å²) in [5, 5.41) is 3.63. The van der Waals surface area contributed by atoms with E-state index in [0.717, 1.165) is 11.3 Å². The summed E-state index contributed by atoms with van der Waals surface area (Å²) < 4.78 is 11.9. The molecule has 0 unspecified atom stereocenters. The molecule has 2 atom stereocenters. The molecule has 1 aliphatic heterocycles. The summed E-state index contributed by atoms with van der Waals surface area (Å²) in [6, 6.07) is 14.9. The molecule has 4 nitrogen and oxygen atoms in total. The first kappa shape index (κ1) is 18.6. The fourth-order valence-electron chi connectivity index (χ4n) is 3.21. The van der Waals surface area contributed by atoms with E-state index in [0.29, 0.717) is 23.6 Å². The number of hydrogen-bond donors (Lipinski definition) is 1. The molecule has 0 spiro atoms. The topological polar surface area (TPSA) is 47.6 Å². The van der Waals surface area contributed by atoms with Gasteiger partial charge in [0.15, 0.2) is 6.10 Å². The van der Waals surface area contributed by atoms with Gasteiger partial charge in [0.05, 0.1) is 11.1 Å². The third-order valence-electron chi connectivity index (χ3n) is 4.46. The highest BCUT2D eigenvalue weighted by atomic mass is 35.5. The molecule has 0 fully saturated rings. The Hall–Kier alpha value is -2.20. The smallest absolute Gasteiger partial charge is 0.261 e. The molecule has 3 rings (SSSR count). The lowest BCUT2D eigenvalue weighted by molar-refractivity contribution is -0.129. The molecule has 26 heavy (non-hydrogen) atoms. The highest BCUT2D eigenvalue weighted by molar-refractivity contribution is 6.32. The minimum Gasteiger partial charge on any atom is -0.487 e. The Bertz CT molecular complexity index is 790. The highest BCUT2D eigenvalue weighted by Gasteiger charge is 2.35. The summed E-state index contributed by atoms with van der Waals surface area (Å²) in [6.07, 6.45) is 0.636. The molecule has 0 aliphatic carbocycles. The molecule has 5 heteroatoms. The van der Waals surface area contributed by atoms with E-state index >= 15 is 0 Å². The third kappa shape index (κ3) is 4.13. The van der Waals surface area contributed by atoms with Crippen LogP contribution in [-0.2, 0) is 4.79 Å². The van der Waals surface area contributed by atoms with Crippen molar-refractivity contribution in [3.8, 4) is 11.5 Å². The zero-order valence-corrected chi connectivity index (χ0v) is 16.0. The third-order valence-corrected chi connectivity index (χ3v) is 4.77. The van der Waals surface area contributed by atoms with Gasteiger partial charge in [-0.2, -0.15) is 0 Å². The second-order valence-electron chi connectivity index (χ2n) is 7.11. The maximum Gasteiger partial charge on any atom is 0.261 e. The first-order valence-corrected chi connectivity index (χ1v) is 9.27. The number of hydrogen-bond acceptors (Lipinski definition) is 3. The van der Waals surface area contributed by atoms with Crippen molar-refractivity contribution in [2.45, 2.75) is 51.4 Å². The van der Waals surface area contributed by atoms with E-state index in [2.05, 4.69) is 5.32 Å². The lowest BCUT2D eigenvalue weighted by atomic mass is 9.89. The van der Waals surface area contributed by atoms with E-state index in [9.17, 15) is 4.79 Å². The van der Waals surface area contributed by atoms with Crippen LogP contribution in [0.5, 0.6) is 11.5 Å². The van der Waals surface area contributed by atoms with E-state index in [1.54, 1.807) is 12.1 Å². The quantitative estimate of drug-likeness (QED) is 0.809. The van der Waals surface area contributed by atoms with E-state index in [4.69, 9.17) is 21.1 Å². The van der Waals surface area contributed by atoms with Crippen LogP contribution in [-0.4, -0.2) is 17.6 Å². The summed E-state index contributed by atoms with van der Waals surface area (Å²) in [5.41, 5.74) is 0.644. The zero-order chi connectivity index (χ0) is 18.7. The van der Waals surface area contributed by atoms with Crippen LogP contribution in [0.3, 0.4) is 0 Å². The highest BCUT2D eigenvalue weighted by Crippen LogP contribution is 2.39. The first-order chi connectivity index (χ1) is 12.4. The largest absolute Gasteiger partial charge is 0.487 e. The summed E-state index contributed by atoms with van der Waals surface area (Å²) in [6.45, 7) is 5.97. The molecule has 0 radical (unpaired) electrons. The zero-order valence-electron chi connectivity index (χ0n) is 15.3. The fourth-order valence-corrected chi connectivity index (χ4v) is 3.39. The van der Waals surface area contributed by atoms with Gasteiger partial charge in [-0.05, 0) is 38.5 Å². The van der Waals surface area contributed by atoms with E-state index in [1.807, 2.05) is 57.2 Å².